The number of pyridine rings is 1. The number of aromatic amines is 1. The zero-order chi connectivity index (χ0) is 10.7. The summed E-state index contributed by atoms with van der Waals surface area (Å²) in [5.41, 5.74) is 3.07. The molecule has 0 bridgehead atoms. The highest BCUT2D eigenvalue weighted by Gasteiger charge is 2.00. The Morgan fingerprint density at radius 3 is 2.67 bits per heavy atom. The third kappa shape index (κ3) is 2.34. The molecular formula is C13H13NO. The predicted octanol–water partition coefficient (Wildman–Crippen LogP) is 2.27. The van der Waals surface area contributed by atoms with Gasteiger partial charge in [-0.15, -0.1) is 0 Å². The average Bonchev–Trinajstić information content (AvgIpc) is 2.25. The first kappa shape index (κ1) is 9.71. The topological polar surface area (TPSA) is 32.9 Å². The molecule has 0 unspecified atom stereocenters. The van der Waals surface area contributed by atoms with Crippen molar-refractivity contribution in [2.75, 3.05) is 0 Å². The van der Waals surface area contributed by atoms with Gasteiger partial charge in [0.15, 0.2) is 0 Å². The highest BCUT2D eigenvalue weighted by molar-refractivity contribution is 5.26. The molecule has 2 heteroatoms. The Balaban J connectivity index is 2.32. The van der Waals surface area contributed by atoms with Crippen LogP contribution in [0.4, 0.5) is 0 Å². The highest BCUT2D eigenvalue weighted by atomic mass is 16.1. The largest absolute Gasteiger partial charge is 0.329 e. The van der Waals surface area contributed by atoms with Gasteiger partial charge in [0, 0.05) is 18.2 Å². The van der Waals surface area contributed by atoms with Gasteiger partial charge in [-0.2, -0.15) is 0 Å². The van der Waals surface area contributed by atoms with Gasteiger partial charge in [-0.3, -0.25) is 4.79 Å². The van der Waals surface area contributed by atoms with Crippen molar-refractivity contribution in [3.05, 3.63) is 69.6 Å². The van der Waals surface area contributed by atoms with Crippen LogP contribution in [-0.4, -0.2) is 4.98 Å². The van der Waals surface area contributed by atoms with Crippen LogP contribution in [0.3, 0.4) is 0 Å². The molecule has 0 radical (unpaired) electrons. The monoisotopic (exact) mass is 199 g/mol. The van der Waals surface area contributed by atoms with Crippen molar-refractivity contribution in [2.24, 2.45) is 0 Å². The lowest BCUT2D eigenvalue weighted by Gasteiger charge is -2.01. The molecule has 1 N–H and O–H groups in total. The van der Waals surface area contributed by atoms with Crippen molar-refractivity contribution in [1.82, 2.24) is 4.98 Å². The van der Waals surface area contributed by atoms with E-state index in [0.29, 0.717) is 6.42 Å². The molecule has 2 aromatic rings. The van der Waals surface area contributed by atoms with Crippen LogP contribution in [0, 0.1) is 6.92 Å². The molecule has 15 heavy (non-hydrogen) atoms. The molecule has 0 aliphatic rings. The van der Waals surface area contributed by atoms with E-state index in [4.69, 9.17) is 0 Å². The first-order valence-corrected chi connectivity index (χ1v) is 4.98. The summed E-state index contributed by atoms with van der Waals surface area (Å²) in [6.07, 6.45) is 2.43. The number of rotatable bonds is 2. The van der Waals surface area contributed by atoms with E-state index in [0.717, 1.165) is 16.7 Å². The minimum atomic E-state index is 0.00412. The number of hydrogen-bond acceptors (Lipinski definition) is 1. The van der Waals surface area contributed by atoms with E-state index in [2.05, 4.69) is 4.98 Å². The third-order valence-corrected chi connectivity index (χ3v) is 2.36. The van der Waals surface area contributed by atoms with Crippen molar-refractivity contribution in [3.8, 4) is 0 Å². The highest BCUT2D eigenvalue weighted by Crippen LogP contribution is 2.06. The van der Waals surface area contributed by atoms with Gasteiger partial charge >= 0.3 is 0 Å². The molecule has 0 fully saturated rings. The smallest absolute Gasteiger partial charge is 0.251 e. The number of benzene rings is 1. The van der Waals surface area contributed by atoms with Crippen molar-refractivity contribution in [1.29, 1.82) is 0 Å². The standard InChI is InChI=1S/C13H13NO/c1-10-7-12(13(15)14-9-10)8-11-5-3-2-4-6-11/h2-7,9H,8H2,1H3,(H,14,15). The summed E-state index contributed by atoms with van der Waals surface area (Å²) >= 11 is 0. The van der Waals surface area contributed by atoms with Gasteiger partial charge in [0.1, 0.15) is 0 Å². The zero-order valence-electron chi connectivity index (χ0n) is 8.66. The zero-order valence-corrected chi connectivity index (χ0v) is 8.66. The van der Waals surface area contributed by atoms with Crippen LogP contribution in [0.1, 0.15) is 16.7 Å². The molecule has 0 amide bonds. The Hall–Kier alpha value is -1.83. The number of H-pyrrole nitrogens is 1. The molecule has 0 saturated heterocycles. The summed E-state index contributed by atoms with van der Waals surface area (Å²) in [6.45, 7) is 1.98. The summed E-state index contributed by atoms with van der Waals surface area (Å²) in [5, 5.41) is 0. The second-order valence-electron chi connectivity index (χ2n) is 3.69. The lowest BCUT2D eigenvalue weighted by Crippen LogP contribution is -2.12. The van der Waals surface area contributed by atoms with E-state index in [1.165, 1.54) is 0 Å². The van der Waals surface area contributed by atoms with Crippen LogP contribution in [0.5, 0.6) is 0 Å². The molecule has 1 aromatic carbocycles. The maximum absolute atomic E-state index is 11.5. The summed E-state index contributed by atoms with van der Waals surface area (Å²) in [6, 6.07) is 11.9. The van der Waals surface area contributed by atoms with Gasteiger partial charge in [0.25, 0.3) is 5.56 Å². The van der Waals surface area contributed by atoms with E-state index >= 15 is 0 Å². The SMILES string of the molecule is Cc1c[nH]c(=O)c(Cc2ccccc2)c1. The molecule has 2 nitrogen and oxygen atoms in total. The molecule has 1 aromatic heterocycles. The fourth-order valence-corrected chi connectivity index (χ4v) is 1.60. The predicted molar refractivity (Wildman–Crippen MR) is 61.0 cm³/mol. The van der Waals surface area contributed by atoms with Crippen LogP contribution >= 0.6 is 0 Å². The van der Waals surface area contributed by atoms with Crippen molar-refractivity contribution in [3.63, 3.8) is 0 Å². The van der Waals surface area contributed by atoms with E-state index in [-0.39, 0.29) is 5.56 Å². The Bertz CT molecular complexity index is 499. The van der Waals surface area contributed by atoms with Crippen LogP contribution in [-0.2, 0) is 6.42 Å². The Morgan fingerprint density at radius 2 is 1.93 bits per heavy atom. The summed E-state index contributed by atoms with van der Waals surface area (Å²) in [7, 11) is 0. The van der Waals surface area contributed by atoms with Crippen molar-refractivity contribution in [2.45, 2.75) is 13.3 Å². The van der Waals surface area contributed by atoms with Gasteiger partial charge in [-0.05, 0) is 24.1 Å². The van der Waals surface area contributed by atoms with Gasteiger partial charge in [-0.25, -0.2) is 0 Å². The molecule has 2 rings (SSSR count). The van der Waals surface area contributed by atoms with E-state index in [1.54, 1.807) is 6.20 Å². The van der Waals surface area contributed by atoms with E-state index < -0.39 is 0 Å². The number of aryl methyl sites for hydroxylation is 1. The maximum atomic E-state index is 11.5. The van der Waals surface area contributed by atoms with Gasteiger partial charge < -0.3 is 4.98 Å². The minimum absolute atomic E-state index is 0.00412. The quantitative estimate of drug-likeness (QED) is 0.790. The molecular weight excluding hydrogens is 186 g/mol. The van der Waals surface area contributed by atoms with Gasteiger partial charge in [0.2, 0.25) is 0 Å². The first-order valence-electron chi connectivity index (χ1n) is 4.98. The normalized spacial score (nSPS) is 10.2. The van der Waals surface area contributed by atoms with Crippen molar-refractivity contribution >= 4 is 0 Å². The Labute approximate surface area is 88.6 Å². The second kappa shape index (κ2) is 4.13. The molecule has 0 spiro atoms. The van der Waals surface area contributed by atoms with E-state index in [1.807, 2.05) is 43.3 Å². The van der Waals surface area contributed by atoms with Crippen LogP contribution < -0.4 is 5.56 Å². The third-order valence-electron chi connectivity index (χ3n) is 2.36. The van der Waals surface area contributed by atoms with Crippen LogP contribution in [0.2, 0.25) is 0 Å². The second-order valence-corrected chi connectivity index (χ2v) is 3.69. The Kier molecular flexibility index (Phi) is 2.68. The summed E-state index contributed by atoms with van der Waals surface area (Å²) in [4.78, 5) is 14.3. The Morgan fingerprint density at radius 1 is 1.20 bits per heavy atom. The fourth-order valence-electron chi connectivity index (χ4n) is 1.60. The number of hydrogen-bond donors (Lipinski definition) is 1. The first-order chi connectivity index (χ1) is 7.25. The van der Waals surface area contributed by atoms with Crippen LogP contribution in [0.25, 0.3) is 0 Å². The average molecular weight is 199 g/mol. The molecule has 0 atom stereocenters. The molecule has 0 saturated carbocycles. The molecule has 0 aliphatic carbocycles. The lowest BCUT2D eigenvalue weighted by molar-refractivity contribution is 1.08. The summed E-state index contributed by atoms with van der Waals surface area (Å²) in [5.74, 6) is 0. The summed E-state index contributed by atoms with van der Waals surface area (Å²) < 4.78 is 0. The van der Waals surface area contributed by atoms with Crippen molar-refractivity contribution < 1.29 is 0 Å². The molecule has 76 valence electrons. The lowest BCUT2D eigenvalue weighted by atomic mass is 10.1. The van der Waals surface area contributed by atoms with Gasteiger partial charge in [0.05, 0.1) is 0 Å². The molecule has 0 aliphatic heterocycles. The maximum Gasteiger partial charge on any atom is 0.251 e. The molecule has 1 heterocycles. The van der Waals surface area contributed by atoms with Gasteiger partial charge in [-0.1, -0.05) is 30.3 Å². The fraction of sp³-hybridized carbons (Fsp3) is 0.154. The number of nitrogens with one attached hydrogen (secondary N) is 1. The van der Waals surface area contributed by atoms with E-state index in [9.17, 15) is 4.79 Å². The van der Waals surface area contributed by atoms with Crippen LogP contribution in [0.15, 0.2) is 47.4 Å². The number of aromatic nitrogens is 1. The minimum Gasteiger partial charge on any atom is -0.329 e.